The van der Waals surface area contributed by atoms with Gasteiger partial charge in [-0.3, -0.25) is 4.79 Å². The molecule has 3 nitrogen and oxygen atoms in total. The van der Waals surface area contributed by atoms with Crippen molar-refractivity contribution in [3.63, 3.8) is 0 Å². The third-order valence-corrected chi connectivity index (χ3v) is 6.38. The van der Waals surface area contributed by atoms with Gasteiger partial charge in [0.25, 0.3) is 0 Å². The number of carbonyl (C=O) groups is 1. The fourth-order valence-corrected chi connectivity index (χ4v) is 4.39. The molecule has 0 N–H and O–H groups in total. The molecular formula is C23H26BrNO2. The van der Waals surface area contributed by atoms with Crippen LogP contribution in [0.5, 0.6) is 5.75 Å². The molecule has 1 aliphatic heterocycles. The van der Waals surface area contributed by atoms with Crippen LogP contribution in [0.25, 0.3) is 0 Å². The quantitative estimate of drug-likeness (QED) is 0.667. The molecule has 0 bridgehead atoms. The van der Waals surface area contributed by atoms with E-state index in [0.29, 0.717) is 11.8 Å². The van der Waals surface area contributed by atoms with Gasteiger partial charge in [0.1, 0.15) is 11.9 Å². The Balaban J connectivity index is 1.31. The highest BCUT2D eigenvalue weighted by molar-refractivity contribution is 9.10. The Morgan fingerprint density at radius 1 is 1.04 bits per heavy atom. The molecule has 2 atom stereocenters. The highest BCUT2D eigenvalue weighted by Gasteiger charge is 2.46. The summed E-state index contributed by atoms with van der Waals surface area (Å²) < 4.78 is 7.36. The van der Waals surface area contributed by atoms with Crippen molar-refractivity contribution in [2.24, 2.45) is 5.92 Å². The molecule has 142 valence electrons. The molecule has 1 saturated heterocycles. The lowest BCUT2D eigenvalue weighted by atomic mass is 10.0. The topological polar surface area (TPSA) is 29.5 Å². The number of piperidine rings is 1. The summed E-state index contributed by atoms with van der Waals surface area (Å²) >= 11 is 3.47. The third kappa shape index (κ3) is 4.06. The van der Waals surface area contributed by atoms with Crippen LogP contribution >= 0.6 is 15.9 Å². The van der Waals surface area contributed by atoms with E-state index in [9.17, 15) is 4.79 Å². The maximum atomic E-state index is 12.9. The fourth-order valence-electron chi connectivity index (χ4n) is 4.13. The number of benzene rings is 2. The number of likely N-dealkylation sites (tertiary alicyclic amines) is 1. The predicted octanol–water partition coefficient (Wildman–Crippen LogP) is 5.24. The molecule has 27 heavy (non-hydrogen) atoms. The molecule has 0 radical (unpaired) electrons. The van der Waals surface area contributed by atoms with E-state index in [1.165, 1.54) is 16.7 Å². The summed E-state index contributed by atoms with van der Waals surface area (Å²) in [6.45, 7) is 5.79. The van der Waals surface area contributed by atoms with E-state index in [4.69, 9.17) is 4.74 Å². The second-order valence-electron chi connectivity index (χ2n) is 7.86. The summed E-state index contributed by atoms with van der Waals surface area (Å²) in [6, 6.07) is 14.6. The molecule has 4 heteroatoms. The Hall–Kier alpha value is -1.81. The summed E-state index contributed by atoms with van der Waals surface area (Å²) in [5.74, 6) is 1.91. The first-order valence-electron chi connectivity index (χ1n) is 9.80. The molecule has 0 aromatic heterocycles. The van der Waals surface area contributed by atoms with E-state index in [0.717, 1.165) is 42.6 Å². The zero-order valence-corrected chi connectivity index (χ0v) is 17.5. The standard InChI is InChI=1S/C23H26BrNO2/c1-15-4-3-5-16(2)22(15)27-19-10-12-25(13-11-19)23(26)21-14-20(21)17-6-8-18(24)9-7-17/h3-9,19-21H,10-14H2,1-2H3. The van der Waals surface area contributed by atoms with E-state index in [1.54, 1.807) is 0 Å². The van der Waals surface area contributed by atoms with Crippen LogP contribution < -0.4 is 4.74 Å². The van der Waals surface area contributed by atoms with Crippen molar-refractivity contribution >= 4 is 21.8 Å². The van der Waals surface area contributed by atoms with Crippen LogP contribution in [0, 0.1) is 19.8 Å². The van der Waals surface area contributed by atoms with E-state index < -0.39 is 0 Å². The molecule has 2 aromatic carbocycles. The van der Waals surface area contributed by atoms with Crippen molar-refractivity contribution in [3.05, 3.63) is 63.6 Å². The van der Waals surface area contributed by atoms with Crippen LogP contribution in [-0.4, -0.2) is 30.0 Å². The van der Waals surface area contributed by atoms with Gasteiger partial charge in [-0.05, 0) is 55.0 Å². The van der Waals surface area contributed by atoms with E-state index >= 15 is 0 Å². The summed E-state index contributed by atoms with van der Waals surface area (Å²) in [5.41, 5.74) is 3.65. The zero-order chi connectivity index (χ0) is 19.0. The average Bonchev–Trinajstić information content (AvgIpc) is 3.46. The predicted molar refractivity (Wildman–Crippen MR) is 111 cm³/mol. The van der Waals surface area contributed by atoms with Gasteiger partial charge >= 0.3 is 0 Å². The first-order valence-corrected chi connectivity index (χ1v) is 10.6. The number of carbonyl (C=O) groups excluding carboxylic acids is 1. The number of ether oxygens (including phenoxy) is 1. The third-order valence-electron chi connectivity index (χ3n) is 5.85. The number of hydrogen-bond donors (Lipinski definition) is 0. The zero-order valence-electron chi connectivity index (χ0n) is 16.0. The number of nitrogens with zero attached hydrogens (tertiary/aromatic N) is 1. The Morgan fingerprint density at radius 3 is 2.30 bits per heavy atom. The summed E-state index contributed by atoms with van der Waals surface area (Å²) in [5, 5.41) is 0. The van der Waals surface area contributed by atoms with Gasteiger partial charge < -0.3 is 9.64 Å². The number of rotatable bonds is 4. The van der Waals surface area contributed by atoms with Crippen molar-refractivity contribution in [1.29, 1.82) is 0 Å². The van der Waals surface area contributed by atoms with Gasteiger partial charge in [0, 0.05) is 36.3 Å². The van der Waals surface area contributed by atoms with Crippen molar-refractivity contribution in [2.75, 3.05) is 13.1 Å². The second-order valence-corrected chi connectivity index (χ2v) is 8.78. The smallest absolute Gasteiger partial charge is 0.226 e. The van der Waals surface area contributed by atoms with Crippen LogP contribution in [-0.2, 0) is 4.79 Å². The maximum Gasteiger partial charge on any atom is 0.226 e. The van der Waals surface area contributed by atoms with Crippen molar-refractivity contribution < 1.29 is 9.53 Å². The van der Waals surface area contributed by atoms with Crippen LogP contribution in [0.2, 0.25) is 0 Å². The molecule has 2 aliphatic rings. The molecule has 2 aromatic rings. The lowest BCUT2D eigenvalue weighted by Crippen LogP contribution is -2.42. The number of amides is 1. The number of halogens is 1. The van der Waals surface area contributed by atoms with Gasteiger partial charge in [0.05, 0.1) is 0 Å². The molecular weight excluding hydrogens is 402 g/mol. The Labute approximate surface area is 169 Å². The van der Waals surface area contributed by atoms with Crippen molar-refractivity contribution in [3.8, 4) is 5.75 Å². The van der Waals surface area contributed by atoms with Crippen molar-refractivity contribution in [1.82, 2.24) is 4.90 Å². The summed E-state index contributed by atoms with van der Waals surface area (Å²) in [6.07, 6.45) is 3.01. The van der Waals surface area contributed by atoms with Gasteiger partial charge in [-0.1, -0.05) is 46.3 Å². The lowest BCUT2D eigenvalue weighted by molar-refractivity contribution is -0.134. The molecule has 1 aliphatic carbocycles. The van der Waals surface area contributed by atoms with Gasteiger partial charge in [-0.15, -0.1) is 0 Å². The second kappa shape index (κ2) is 7.67. The van der Waals surface area contributed by atoms with Gasteiger partial charge in [0.2, 0.25) is 5.91 Å². The van der Waals surface area contributed by atoms with E-state index in [1.807, 2.05) is 4.90 Å². The minimum Gasteiger partial charge on any atom is -0.490 e. The van der Waals surface area contributed by atoms with Crippen LogP contribution in [0.3, 0.4) is 0 Å². The Bertz CT molecular complexity index is 805. The average molecular weight is 428 g/mol. The SMILES string of the molecule is Cc1cccc(C)c1OC1CCN(C(=O)C2CC2c2ccc(Br)cc2)CC1. The first-order chi connectivity index (χ1) is 13.0. The minimum absolute atomic E-state index is 0.169. The number of para-hydroxylation sites is 1. The molecule has 1 heterocycles. The van der Waals surface area contributed by atoms with E-state index in [2.05, 4.69) is 72.2 Å². The fraction of sp³-hybridized carbons (Fsp3) is 0.435. The molecule has 1 amide bonds. The summed E-state index contributed by atoms with van der Waals surface area (Å²) in [7, 11) is 0. The Morgan fingerprint density at radius 2 is 1.67 bits per heavy atom. The largest absolute Gasteiger partial charge is 0.490 e. The minimum atomic E-state index is 0.169. The number of hydrogen-bond acceptors (Lipinski definition) is 2. The normalized spacial score (nSPS) is 22.6. The molecule has 4 rings (SSSR count). The van der Waals surface area contributed by atoms with E-state index in [-0.39, 0.29) is 12.0 Å². The van der Waals surface area contributed by atoms with Gasteiger partial charge in [-0.2, -0.15) is 0 Å². The molecule has 0 spiro atoms. The monoisotopic (exact) mass is 427 g/mol. The molecule has 1 saturated carbocycles. The van der Waals surface area contributed by atoms with Gasteiger partial charge in [-0.25, -0.2) is 0 Å². The lowest BCUT2D eigenvalue weighted by Gasteiger charge is -2.33. The van der Waals surface area contributed by atoms with Crippen LogP contribution in [0.1, 0.15) is 41.9 Å². The van der Waals surface area contributed by atoms with Crippen LogP contribution in [0.15, 0.2) is 46.9 Å². The highest BCUT2D eigenvalue weighted by Crippen LogP contribution is 2.48. The van der Waals surface area contributed by atoms with Gasteiger partial charge in [0.15, 0.2) is 0 Å². The molecule has 2 fully saturated rings. The highest BCUT2D eigenvalue weighted by atomic mass is 79.9. The Kier molecular flexibility index (Phi) is 5.27. The maximum absolute atomic E-state index is 12.9. The first kappa shape index (κ1) is 18.5. The van der Waals surface area contributed by atoms with Crippen LogP contribution in [0.4, 0.5) is 0 Å². The number of aryl methyl sites for hydroxylation is 2. The summed E-state index contributed by atoms with van der Waals surface area (Å²) in [4.78, 5) is 14.9. The molecule has 2 unspecified atom stereocenters. The van der Waals surface area contributed by atoms with Crippen molar-refractivity contribution in [2.45, 2.75) is 45.1 Å².